The van der Waals surface area contributed by atoms with Gasteiger partial charge in [-0.1, -0.05) is 0 Å². The molecule has 2 fully saturated rings. The van der Waals surface area contributed by atoms with Crippen molar-refractivity contribution in [1.29, 1.82) is 0 Å². The van der Waals surface area contributed by atoms with Crippen molar-refractivity contribution >= 4 is 28.3 Å². The van der Waals surface area contributed by atoms with Crippen molar-refractivity contribution in [2.24, 2.45) is 5.92 Å². The second kappa shape index (κ2) is 9.12. The number of hydrogen-bond acceptors (Lipinski definition) is 4. The minimum atomic E-state index is -3.70. The largest absolute Gasteiger partial charge is 0.352 e. The molecule has 1 amide bonds. The van der Waals surface area contributed by atoms with Crippen LogP contribution >= 0.6 is 12.4 Å². The number of carbonyl (C=O) groups excluding carboxylic acids is 1. The first-order valence-corrected chi connectivity index (χ1v) is 10.2. The van der Waals surface area contributed by atoms with E-state index in [4.69, 9.17) is 0 Å². The maximum absolute atomic E-state index is 13.0. The van der Waals surface area contributed by atoms with Gasteiger partial charge in [0, 0.05) is 25.7 Å². The molecule has 146 valence electrons. The van der Waals surface area contributed by atoms with Crippen molar-refractivity contribution in [3.05, 3.63) is 30.1 Å². The van der Waals surface area contributed by atoms with Gasteiger partial charge in [-0.15, -0.1) is 12.4 Å². The molecule has 0 saturated carbocycles. The van der Waals surface area contributed by atoms with E-state index in [0.29, 0.717) is 19.4 Å². The van der Waals surface area contributed by atoms with Crippen LogP contribution in [0.1, 0.15) is 25.7 Å². The average Bonchev–Trinajstić information content (AvgIpc) is 2.63. The first-order chi connectivity index (χ1) is 12.0. The summed E-state index contributed by atoms with van der Waals surface area (Å²) in [4.78, 5) is 12.6. The number of rotatable bonds is 4. The highest BCUT2D eigenvalue weighted by atomic mass is 35.5. The molecule has 6 nitrogen and oxygen atoms in total. The minimum absolute atomic E-state index is 0. The monoisotopic (exact) mass is 405 g/mol. The van der Waals surface area contributed by atoms with Crippen LogP contribution in [0, 0.1) is 11.7 Å². The highest BCUT2D eigenvalue weighted by molar-refractivity contribution is 7.89. The maximum atomic E-state index is 13.0. The van der Waals surface area contributed by atoms with Gasteiger partial charge in [0.2, 0.25) is 15.9 Å². The van der Waals surface area contributed by atoms with E-state index in [9.17, 15) is 17.6 Å². The fourth-order valence-electron chi connectivity index (χ4n) is 3.42. The summed E-state index contributed by atoms with van der Waals surface area (Å²) in [6.07, 6.45) is 3.30. The maximum Gasteiger partial charge on any atom is 0.243 e. The van der Waals surface area contributed by atoms with Crippen LogP contribution in [0.2, 0.25) is 0 Å². The number of benzene rings is 1. The number of nitrogens with zero attached hydrogens (tertiary/aromatic N) is 1. The lowest BCUT2D eigenvalue weighted by molar-refractivity contribution is -0.126. The van der Waals surface area contributed by atoms with E-state index in [2.05, 4.69) is 10.6 Å². The number of halogens is 2. The Morgan fingerprint density at radius 1 is 1.19 bits per heavy atom. The molecule has 1 aromatic rings. The molecule has 0 aromatic heterocycles. The topological polar surface area (TPSA) is 78.5 Å². The molecule has 2 atom stereocenters. The first-order valence-electron chi connectivity index (χ1n) is 8.73. The Morgan fingerprint density at radius 3 is 2.58 bits per heavy atom. The molecule has 9 heteroatoms. The quantitative estimate of drug-likeness (QED) is 0.796. The van der Waals surface area contributed by atoms with Crippen LogP contribution < -0.4 is 10.6 Å². The SMILES string of the molecule is Cl.O=C(NC1CCCNC1)C1CCCN(S(=O)(=O)c2ccc(F)cc2)C1. The number of amides is 1. The third kappa shape index (κ3) is 4.94. The molecule has 2 unspecified atom stereocenters. The molecule has 0 spiro atoms. The fraction of sp³-hybridized carbons (Fsp3) is 0.588. The van der Waals surface area contributed by atoms with Crippen LogP contribution in [-0.4, -0.2) is 50.9 Å². The molecule has 2 aliphatic rings. The van der Waals surface area contributed by atoms with Gasteiger partial charge in [0.15, 0.2) is 0 Å². The average molecular weight is 406 g/mol. The molecule has 2 heterocycles. The zero-order valence-corrected chi connectivity index (χ0v) is 16.1. The number of carbonyl (C=O) groups is 1. The van der Waals surface area contributed by atoms with Gasteiger partial charge in [-0.05, 0) is 56.5 Å². The molecule has 0 aliphatic carbocycles. The van der Waals surface area contributed by atoms with E-state index < -0.39 is 15.8 Å². The molecule has 2 aliphatic heterocycles. The standard InChI is InChI=1S/C17H24FN3O3S.ClH/c18-14-5-7-16(8-6-14)25(23,24)21-10-2-3-13(12-21)17(22)20-15-4-1-9-19-11-15;/h5-8,13,15,19H,1-4,9-12H2,(H,20,22);1H. The highest BCUT2D eigenvalue weighted by Gasteiger charge is 2.34. The Hall–Kier alpha value is -1.22. The minimum Gasteiger partial charge on any atom is -0.352 e. The number of hydrogen-bond donors (Lipinski definition) is 2. The van der Waals surface area contributed by atoms with Crippen molar-refractivity contribution in [3.8, 4) is 0 Å². The van der Waals surface area contributed by atoms with Gasteiger partial charge in [-0.25, -0.2) is 12.8 Å². The number of piperidine rings is 2. The van der Waals surface area contributed by atoms with Crippen LogP contribution in [0.4, 0.5) is 4.39 Å². The Morgan fingerprint density at radius 2 is 1.92 bits per heavy atom. The molecular formula is C17H25ClFN3O3S. The molecule has 1 aromatic carbocycles. The van der Waals surface area contributed by atoms with Crippen molar-refractivity contribution in [2.75, 3.05) is 26.2 Å². The fourth-order valence-corrected chi connectivity index (χ4v) is 4.95. The van der Waals surface area contributed by atoms with Crippen molar-refractivity contribution in [3.63, 3.8) is 0 Å². The second-order valence-corrected chi connectivity index (χ2v) is 8.65. The van der Waals surface area contributed by atoms with E-state index in [1.54, 1.807) is 0 Å². The van der Waals surface area contributed by atoms with Gasteiger partial charge >= 0.3 is 0 Å². The third-order valence-electron chi connectivity index (χ3n) is 4.85. The highest BCUT2D eigenvalue weighted by Crippen LogP contribution is 2.24. The molecule has 3 rings (SSSR count). The Labute approximate surface area is 160 Å². The summed E-state index contributed by atoms with van der Waals surface area (Å²) in [6.45, 7) is 2.29. The molecular weight excluding hydrogens is 381 g/mol. The van der Waals surface area contributed by atoms with Gasteiger partial charge in [0.1, 0.15) is 5.82 Å². The lowest BCUT2D eigenvalue weighted by atomic mass is 9.97. The Balaban J connectivity index is 0.00000243. The normalized spacial score (nSPS) is 24.5. The summed E-state index contributed by atoms with van der Waals surface area (Å²) in [5.41, 5.74) is 0. The van der Waals surface area contributed by atoms with Crippen molar-refractivity contribution < 1.29 is 17.6 Å². The predicted octanol–water partition coefficient (Wildman–Crippen LogP) is 1.52. The van der Waals surface area contributed by atoms with E-state index >= 15 is 0 Å². The van der Waals surface area contributed by atoms with E-state index in [-0.39, 0.29) is 41.7 Å². The molecule has 2 N–H and O–H groups in total. The number of sulfonamides is 1. The lowest BCUT2D eigenvalue weighted by Gasteiger charge is -2.33. The Kier molecular flexibility index (Phi) is 7.40. The molecule has 0 radical (unpaired) electrons. The number of nitrogens with one attached hydrogen (secondary N) is 2. The van der Waals surface area contributed by atoms with Gasteiger partial charge < -0.3 is 10.6 Å². The molecule has 2 saturated heterocycles. The van der Waals surface area contributed by atoms with Crippen molar-refractivity contribution in [2.45, 2.75) is 36.6 Å². The zero-order valence-electron chi connectivity index (χ0n) is 14.5. The summed E-state index contributed by atoms with van der Waals surface area (Å²) in [7, 11) is -3.70. The lowest BCUT2D eigenvalue weighted by Crippen LogP contribution is -2.51. The van der Waals surface area contributed by atoms with Crippen molar-refractivity contribution in [1.82, 2.24) is 14.9 Å². The Bertz CT molecular complexity index is 708. The van der Waals surface area contributed by atoms with E-state index in [0.717, 1.165) is 38.1 Å². The second-order valence-electron chi connectivity index (χ2n) is 6.71. The first kappa shape index (κ1) is 21.1. The van der Waals surface area contributed by atoms with Gasteiger partial charge in [-0.2, -0.15) is 4.31 Å². The summed E-state index contributed by atoms with van der Waals surface area (Å²) >= 11 is 0. The smallest absolute Gasteiger partial charge is 0.243 e. The molecule has 0 bridgehead atoms. The summed E-state index contributed by atoms with van der Waals surface area (Å²) < 4.78 is 39.8. The summed E-state index contributed by atoms with van der Waals surface area (Å²) in [5, 5.41) is 6.29. The van der Waals surface area contributed by atoms with Crippen LogP contribution in [0.3, 0.4) is 0 Å². The van der Waals surface area contributed by atoms with Gasteiger partial charge in [0.25, 0.3) is 0 Å². The van der Waals surface area contributed by atoms with Crippen LogP contribution in [0.15, 0.2) is 29.2 Å². The summed E-state index contributed by atoms with van der Waals surface area (Å²) in [5.74, 6) is -0.894. The van der Waals surface area contributed by atoms with Gasteiger partial charge in [-0.3, -0.25) is 4.79 Å². The summed E-state index contributed by atoms with van der Waals surface area (Å²) in [6, 6.07) is 4.92. The van der Waals surface area contributed by atoms with Crippen LogP contribution in [-0.2, 0) is 14.8 Å². The van der Waals surface area contributed by atoms with E-state index in [1.165, 1.54) is 16.4 Å². The predicted molar refractivity (Wildman–Crippen MR) is 99.2 cm³/mol. The van der Waals surface area contributed by atoms with Gasteiger partial charge in [0.05, 0.1) is 10.8 Å². The van der Waals surface area contributed by atoms with Crippen LogP contribution in [0.25, 0.3) is 0 Å². The molecule has 26 heavy (non-hydrogen) atoms. The van der Waals surface area contributed by atoms with Crippen LogP contribution in [0.5, 0.6) is 0 Å². The zero-order chi connectivity index (χ0) is 17.9. The van der Waals surface area contributed by atoms with E-state index in [1.807, 2.05) is 0 Å². The third-order valence-corrected chi connectivity index (χ3v) is 6.73.